The number of hydrogen-bond donors (Lipinski definition) is 2. The van der Waals surface area contributed by atoms with Crippen LogP contribution < -0.4 is 21.1 Å². The van der Waals surface area contributed by atoms with Crippen LogP contribution in [-0.4, -0.2) is 125 Å². The summed E-state index contributed by atoms with van der Waals surface area (Å²) in [7, 11) is 1.90. The second-order valence-corrected chi connectivity index (χ2v) is 11.5. The molecule has 3 aromatic heterocycles. The first-order valence-corrected chi connectivity index (χ1v) is 17.4. The summed E-state index contributed by atoms with van der Waals surface area (Å²) in [5, 5.41) is 11.2. The van der Waals surface area contributed by atoms with E-state index < -0.39 is 0 Å². The fraction of sp³-hybridized carbons (Fsp3) is 0.676. The standard InChI is InChI=1S/C34H55N7O7/c1-3-30-27-37-41-31(25-32(38-34(30)41)39-10-5-4-6-11-39)36-26-29-7-8-33(42)40(28-29)12-14-44-16-18-46-20-22-48-24-23-47-21-19-45-17-15-43-13-9-35-2/h7-8,25,27-28,35-36H,3-6,9-24,26H2,1-2H3. The highest BCUT2D eigenvalue weighted by Gasteiger charge is 2.17. The summed E-state index contributed by atoms with van der Waals surface area (Å²) in [6.07, 6.45) is 8.30. The molecule has 3 aromatic rings. The van der Waals surface area contributed by atoms with Crippen LogP contribution in [0.1, 0.15) is 37.3 Å². The zero-order valence-corrected chi connectivity index (χ0v) is 28.8. The van der Waals surface area contributed by atoms with Crippen LogP contribution >= 0.6 is 0 Å². The minimum atomic E-state index is -0.0593. The van der Waals surface area contributed by atoms with Crippen molar-refractivity contribution >= 4 is 17.3 Å². The number of piperidine rings is 1. The quantitative estimate of drug-likeness (QED) is 0.121. The third kappa shape index (κ3) is 13.1. The summed E-state index contributed by atoms with van der Waals surface area (Å²) in [6.45, 7) is 12.2. The lowest BCUT2D eigenvalue weighted by atomic mass is 10.1. The molecule has 0 unspecified atom stereocenters. The molecule has 14 nitrogen and oxygen atoms in total. The van der Waals surface area contributed by atoms with Crippen LogP contribution in [0, 0.1) is 0 Å². The number of fused-ring (bicyclic) bond motifs is 1. The largest absolute Gasteiger partial charge is 0.378 e. The van der Waals surface area contributed by atoms with Gasteiger partial charge in [0, 0.05) is 56.6 Å². The van der Waals surface area contributed by atoms with Gasteiger partial charge in [0.2, 0.25) is 0 Å². The van der Waals surface area contributed by atoms with Gasteiger partial charge in [-0.05, 0) is 38.3 Å². The number of aryl methyl sites for hydroxylation is 1. The number of rotatable bonds is 26. The van der Waals surface area contributed by atoms with E-state index in [9.17, 15) is 4.79 Å². The van der Waals surface area contributed by atoms with Crippen LogP contribution in [0.15, 0.2) is 35.4 Å². The Kier molecular flexibility index (Phi) is 17.7. The van der Waals surface area contributed by atoms with Crippen molar-refractivity contribution in [2.75, 3.05) is 116 Å². The minimum Gasteiger partial charge on any atom is -0.378 e. The molecule has 14 heteroatoms. The average molecular weight is 674 g/mol. The number of pyridine rings is 1. The van der Waals surface area contributed by atoms with Crippen LogP contribution in [0.2, 0.25) is 0 Å². The van der Waals surface area contributed by atoms with Crippen molar-refractivity contribution in [1.82, 2.24) is 24.5 Å². The predicted molar refractivity (Wildman–Crippen MR) is 185 cm³/mol. The van der Waals surface area contributed by atoms with Gasteiger partial charge in [-0.3, -0.25) is 4.79 Å². The molecule has 0 aromatic carbocycles. The number of nitrogens with zero attached hydrogens (tertiary/aromatic N) is 5. The molecule has 48 heavy (non-hydrogen) atoms. The molecule has 2 N–H and O–H groups in total. The van der Waals surface area contributed by atoms with Crippen LogP contribution in [0.4, 0.5) is 11.6 Å². The lowest BCUT2D eigenvalue weighted by molar-refractivity contribution is -0.0168. The highest BCUT2D eigenvalue weighted by atomic mass is 16.6. The van der Waals surface area contributed by atoms with Crippen molar-refractivity contribution < 1.29 is 28.4 Å². The maximum Gasteiger partial charge on any atom is 0.250 e. The number of nitrogens with one attached hydrogen (secondary N) is 2. The summed E-state index contributed by atoms with van der Waals surface area (Å²) in [6, 6.07) is 5.55. The maximum absolute atomic E-state index is 12.5. The number of aromatic nitrogens is 4. The zero-order valence-electron chi connectivity index (χ0n) is 28.8. The van der Waals surface area contributed by atoms with Crippen molar-refractivity contribution in [3.05, 3.63) is 52.1 Å². The number of anilines is 2. The van der Waals surface area contributed by atoms with Crippen molar-refractivity contribution in [3.63, 3.8) is 0 Å². The Morgan fingerprint density at radius 1 is 0.792 bits per heavy atom. The molecule has 4 rings (SSSR count). The highest BCUT2D eigenvalue weighted by Crippen LogP contribution is 2.24. The van der Waals surface area contributed by atoms with Crippen LogP contribution in [0.5, 0.6) is 0 Å². The summed E-state index contributed by atoms with van der Waals surface area (Å²) >= 11 is 0. The molecule has 0 bridgehead atoms. The van der Waals surface area contributed by atoms with E-state index in [1.54, 1.807) is 10.6 Å². The Bertz CT molecular complexity index is 1360. The van der Waals surface area contributed by atoms with E-state index in [-0.39, 0.29) is 5.56 Å². The molecule has 1 aliphatic rings. The van der Waals surface area contributed by atoms with Crippen LogP contribution in [-0.2, 0) is 47.9 Å². The Morgan fingerprint density at radius 2 is 1.40 bits per heavy atom. The third-order valence-corrected chi connectivity index (χ3v) is 7.94. The van der Waals surface area contributed by atoms with Crippen LogP contribution in [0.3, 0.4) is 0 Å². The molecule has 0 radical (unpaired) electrons. The van der Waals surface area contributed by atoms with E-state index in [0.29, 0.717) is 92.4 Å². The molecular formula is C34H55N7O7. The van der Waals surface area contributed by atoms with E-state index in [4.69, 9.17) is 33.4 Å². The molecule has 1 aliphatic heterocycles. The van der Waals surface area contributed by atoms with Crippen molar-refractivity contribution in [1.29, 1.82) is 0 Å². The first kappa shape index (κ1) is 37.7. The predicted octanol–water partition coefficient (Wildman–Crippen LogP) is 2.37. The normalized spacial score (nSPS) is 13.5. The monoisotopic (exact) mass is 673 g/mol. The van der Waals surface area contributed by atoms with Gasteiger partial charge in [0.1, 0.15) is 11.6 Å². The van der Waals surface area contributed by atoms with Gasteiger partial charge in [-0.25, -0.2) is 4.98 Å². The smallest absolute Gasteiger partial charge is 0.250 e. The van der Waals surface area contributed by atoms with Crippen LogP contribution in [0.25, 0.3) is 5.65 Å². The van der Waals surface area contributed by atoms with E-state index >= 15 is 0 Å². The van der Waals surface area contributed by atoms with Gasteiger partial charge in [0.15, 0.2) is 5.65 Å². The van der Waals surface area contributed by atoms with Crippen molar-refractivity contribution in [2.45, 2.75) is 45.7 Å². The second-order valence-electron chi connectivity index (χ2n) is 11.5. The first-order chi connectivity index (χ1) is 23.7. The van der Waals surface area contributed by atoms with Gasteiger partial charge < -0.3 is 48.5 Å². The molecule has 0 amide bonds. The Morgan fingerprint density at radius 3 is 2.00 bits per heavy atom. The lowest BCUT2D eigenvalue weighted by Crippen LogP contribution is -2.30. The molecule has 4 heterocycles. The maximum atomic E-state index is 12.5. The van der Waals surface area contributed by atoms with E-state index in [0.717, 1.165) is 54.5 Å². The third-order valence-electron chi connectivity index (χ3n) is 7.94. The average Bonchev–Trinajstić information content (AvgIpc) is 3.54. The molecule has 1 fully saturated rings. The van der Waals surface area contributed by atoms with Crippen molar-refractivity contribution in [3.8, 4) is 0 Å². The molecular weight excluding hydrogens is 618 g/mol. The molecule has 0 aliphatic carbocycles. The van der Waals surface area contributed by atoms with Gasteiger partial charge in [0.05, 0.1) is 85.5 Å². The number of ether oxygens (including phenoxy) is 6. The van der Waals surface area contributed by atoms with Gasteiger partial charge >= 0.3 is 0 Å². The summed E-state index contributed by atoms with van der Waals surface area (Å²) < 4.78 is 36.7. The van der Waals surface area contributed by atoms with Gasteiger partial charge in [0.25, 0.3) is 5.56 Å². The fourth-order valence-electron chi connectivity index (χ4n) is 5.25. The molecule has 0 saturated carbocycles. The Labute approximate surface area is 284 Å². The molecule has 1 saturated heterocycles. The molecule has 0 atom stereocenters. The summed E-state index contributed by atoms with van der Waals surface area (Å²) in [5.74, 6) is 1.87. The lowest BCUT2D eigenvalue weighted by Gasteiger charge is -2.28. The Hall–Kier alpha value is -3.11. The van der Waals surface area contributed by atoms with Crippen molar-refractivity contribution in [2.24, 2.45) is 0 Å². The topological polar surface area (TPSA) is 135 Å². The zero-order chi connectivity index (χ0) is 33.7. The van der Waals surface area contributed by atoms with Gasteiger partial charge in [-0.1, -0.05) is 13.0 Å². The van der Waals surface area contributed by atoms with E-state index in [1.807, 2.05) is 30.0 Å². The fourth-order valence-corrected chi connectivity index (χ4v) is 5.25. The van der Waals surface area contributed by atoms with Gasteiger partial charge in [-0.2, -0.15) is 9.61 Å². The minimum absolute atomic E-state index is 0.0593. The Balaban J connectivity index is 1.07. The van der Waals surface area contributed by atoms with E-state index in [1.165, 1.54) is 19.3 Å². The summed E-state index contributed by atoms with van der Waals surface area (Å²) in [4.78, 5) is 19.8. The van der Waals surface area contributed by atoms with Gasteiger partial charge in [-0.15, -0.1) is 0 Å². The second kappa shape index (κ2) is 22.5. The molecule has 0 spiro atoms. The number of hydrogen-bond acceptors (Lipinski definition) is 12. The first-order valence-electron chi connectivity index (χ1n) is 17.4. The number of likely N-dealkylation sites (N-methyl/N-ethyl adjacent to an activating group) is 1. The molecule has 268 valence electrons. The SMILES string of the molecule is CCc1cnn2c(NCc3ccc(=O)n(CCOCCOCCOCCOCCOCCOCCNC)c3)cc(N3CCCCC3)nc12. The summed E-state index contributed by atoms with van der Waals surface area (Å²) in [5.41, 5.74) is 2.95. The highest BCUT2D eigenvalue weighted by molar-refractivity contribution is 5.61. The van der Waals surface area contributed by atoms with E-state index in [2.05, 4.69) is 33.6 Å².